The fraction of sp³-hybridized carbons (Fsp3) is 0.0952. The van der Waals surface area contributed by atoms with E-state index >= 15 is 0 Å². The first kappa shape index (κ1) is 18.7. The van der Waals surface area contributed by atoms with Crippen LogP contribution in [0.25, 0.3) is 0 Å². The van der Waals surface area contributed by atoms with Crippen LogP contribution in [-0.4, -0.2) is 22.9 Å². The van der Waals surface area contributed by atoms with E-state index in [4.69, 9.17) is 28.5 Å². The lowest BCUT2D eigenvalue weighted by Gasteiger charge is -2.36. The van der Waals surface area contributed by atoms with Crippen LogP contribution in [0, 0.1) is 0 Å². The van der Waals surface area contributed by atoms with Gasteiger partial charge in [-0.25, -0.2) is 9.36 Å². The highest BCUT2D eigenvalue weighted by molar-refractivity contribution is 7.46. The van der Waals surface area contributed by atoms with E-state index in [1.165, 1.54) is 19.2 Å². The van der Waals surface area contributed by atoms with Crippen molar-refractivity contribution < 1.29 is 37.9 Å². The van der Waals surface area contributed by atoms with Crippen molar-refractivity contribution in [2.24, 2.45) is 0 Å². The number of methoxy groups -OCH3 is 1. The summed E-state index contributed by atoms with van der Waals surface area (Å²) in [4.78, 5) is 31.0. The molecule has 0 fully saturated rings. The molecule has 2 heterocycles. The van der Waals surface area contributed by atoms with E-state index in [-0.39, 0.29) is 11.5 Å². The number of hydrogen-bond acceptors (Lipinski definition) is 6. The van der Waals surface area contributed by atoms with Gasteiger partial charge >= 0.3 is 13.8 Å². The van der Waals surface area contributed by atoms with E-state index in [1.54, 1.807) is 36.4 Å². The minimum absolute atomic E-state index is 0.0822. The number of carbonyl (C=O) groups is 1. The van der Waals surface area contributed by atoms with Crippen molar-refractivity contribution >= 4 is 13.8 Å². The summed E-state index contributed by atoms with van der Waals surface area (Å²) in [5.74, 6) is 0.607. The minimum Gasteiger partial charge on any atom is -0.497 e. The quantitative estimate of drug-likeness (QED) is 0.481. The van der Waals surface area contributed by atoms with Crippen LogP contribution < -0.4 is 14.0 Å². The van der Waals surface area contributed by atoms with Gasteiger partial charge in [-0.15, -0.1) is 0 Å². The number of carbonyl (C=O) groups excluding carboxylic acids is 1. The molecule has 3 aromatic rings. The Bertz CT molecular complexity index is 1250. The van der Waals surface area contributed by atoms with Gasteiger partial charge < -0.3 is 18.7 Å². The fourth-order valence-corrected chi connectivity index (χ4v) is 4.35. The second-order valence-electron chi connectivity index (χ2n) is 6.82. The number of hydrogen-bond donors (Lipinski definition) is 2. The molecule has 1 atom stereocenters. The Morgan fingerprint density at radius 2 is 1.53 bits per heavy atom. The van der Waals surface area contributed by atoms with Gasteiger partial charge in [0.05, 0.1) is 12.7 Å². The highest BCUT2D eigenvalue weighted by atomic mass is 31.2. The third kappa shape index (κ3) is 2.69. The average Bonchev–Trinajstić information content (AvgIpc) is 3.00. The zero-order valence-electron chi connectivity index (χ0n) is 15.6. The SMILES string of the molecule is COc1ccc2c(c1)Oc1cc(OP(=O)(O)O)ccc1C21OC(=O)c2ccccc21. The number of phosphoric acid groups is 1. The summed E-state index contributed by atoms with van der Waals surface area (Å²) in [5.41, 5.74) is 0.926. The second kappa shape index (κ2) is 6.34. The lowest BCUT2D eigenvalue weighted by atomic mass is 9.77. The molecule has 0 saturated carbocycles. The Labute approximate surface area is 170 Å². The van der Waals surface area contributed by atoms with Crippen LogP contribution in [0.2, 0.25) is 0 Å². The number of fused-ring (bicyclic) bond motifs is 6. The van der Waals surface area contributed by atoms with Gasteiger partial charge in [-0.05, 0) is 30.3 Å². The average molecular weight is 426 g/mol. The molecule has 2 aliphatic rings. The molecule has 8 nitrogen and oxygen atoms in total. The predicted molar refractivity (Wildman–Crippen MR) is 104 cm³/mol. The van der Waals surface area contributed by atoms with Crippen molar-refractivity contribution in [1.29, 1.82) is 0 Å². The molecule has 5 rings (SSSR count). The van der Waals surface area contributed by atoms with E-state index in [2.05, 4.69) is 0 Å². The van der Waals surface area contributed by atoms with E-state index in [9.17, 15) is 9.36 Å². The monoisotopic (exact) mass is 426 g/mol. The minimum atomic E-state index is -4.76. The standard InChI is InChI=1S/C21H15O8P/c1-26-12-6-8-16-18(10-12)27-19-11-13(29-30(23,24)25)7-9-17(19)21(16)15-5-3-2-4-14(15)20(22)28-21/h2-11H,1H3,(H2,23,24,25). The van der Waals surface area contributed by atoms with Gasteiger partial charge in [0.25, 0.3) is 0 Å². The molecule has 2 N–H and O–H groups in total. The molecule has 9 heteroatoms. The van der Waals surface area contributed by atoms with Crippen molar-refractivity contribution in [1.82, 2.24) is 0 Å². The highest BCUT2D eigenvalue weighted by Crippen LogP contribution is 2.57. The largest absolute Gasteiger partial charge is 0.524 e. The lowest BCUT2D eigenvalue weighted by Crippen LogP contribution is -2.33. The molecule has 0 amide bonds. The van der Waals surface area contributed by atoms with Crippen LogP contribution >= 0.6 is 7.82 Å². The van der Waals surface area contributed by atoms with E-state index < -0.39 is 19.4 Å². The summed E-state index contributed by atoms with van der Waals surface area (Å²) in [6.07, 6.45) is 0. The van der Waals surface area contributed by atoms with Crippen LogP contribution in [0.15, 0.2) is 60.7 Å². The molecular formula is C21H15O8P. The van der Waals surface area contributed by atoms with Crippen LogP contribution in [0.3, 0.4) is 0 Å². The predicted octanol–water partition coefficient (Wildman–Crippen LogP) is 3.73. The first-order valence-electron chi connectivity index (χ1n) is 8.91. The normalized spacial score (nSPS) is 18.7. The van der Waals surface area contributed by atoms with Gasteiger partial charge in [0, 0.05) is 28.8 Å². The van der Waals surface area contributed by atoms with Crippen LogP contribution in [0.1, 0.15) is 27.0 Å². The maximum atomic E-state index is 12.7. The van der Waals surface area contributed by atoms with Crippen LogP contribution in [0.5, 0.6) is 23.0 Å². The lowest BCUT2D eigenvalue weighted by molar-refractivity contribution is 0.0224. The molecule has 0 bridgehead atoms. The zero-order valence-corrected chi connectivity index (χ0v) is 16.5. The molecule has 0 aromatic heterocycles. The third-order valence-electron chi connectivity index (χ3n) is 5.12. The third-order valence-corrected chi connectivity index (χ3v) is 5.57. The van der Waals surface area contributed by atoms with Crippen molar-refractivity contribution in [2.75, 3.05) is 7.11 Å². The van der Waals surface area contributed by atoms with Crippen molar-refractivity contribution in [3.63, 3.8) is 0 Å². The first-order valence-corrected chi connectivity index (χ1v) is 10.4. The van der Waals surface area contributed by atoms with Crippen molar-refractivity contribution in [3.05, 3.63) is 82.9 Å². The molecule has 152 valence electrons. The molecule has 0 saturated heterocycles. The van der Waals surface area contributed by atoms with E-state index in [1.807, 2.05) is 12.1 Å². The number of benzene rings is 3. The molecule has 1 spiro atoms. The Balaban J connectivity index is 1.78. The molecule has 1 unspecified atom stereocenters. The summed E-state index contributed by atoms with van der Waals surface area (Å²) >= 11 is 0. The van der Waals surface area contributed by atoms with Crippen molar-refractivity contribution in [3.8, 4) is 23.0 Å². The highest BCUT2D eigenvalue weighted by Gasteiger charge is 2.53. The topological polar surface area (TPSA) is 112 Å². The summed E-state index contributed by atoms with van der Waals surface area (Å²) in [7, 11) is -3.24. The van der Waals surface area contributed by atoms with Gasteiger partial charge in [-0.2, -0.15) is 0 Å². The molecule has 30 heavy (non-hydrogen) atoms. The fourth-order valence-electron chi connectivity index (χ4n) is 3.96. The maximum Gasteiger partial charge on any atom is 0.524 e. The van der Waals surface area contributed by atoms with E-state index in [0.29, 0.717) is 33.8 Å². The Kier molecular flexibility index (Phi) is 3.95. The zero-order chi connectivity index (χ0) is 21.1. The molecule has 0 radical (unpaired) electrons. The second-order valence-corrected chi connectivity index (χ2v) is 7.98. The summed E-state index contributed by atoms with van der Waals surface area (Å²) in [5, 5.41) is 0. The summed E-state index contributed by atoms with van der Waals surface area (Å²) < 4.78 is 33.2. The number of rotatable bonds is 3. The van der Waals surface area contributed by atoms with Gasteiger partial charge in [0.15, 0.2) is 5.60 Å². The molecule has 0 aliphatic carbocycles. The van der Waals surface area contributed by atoms with Crippen LogP contribution in [-0.2, 0) is 14.9 Å². The maximum absolute atomic E-state index is 12.7. The van der Waals surface area contributed by atoms with Gasteiger partial charge in [0.1, 0.15) is 23.0 Å². The Hall–Kier alpha value is -3.32. The van der Waals surface area contributed by atoms with Gasteiger partial charge in [0.2, 0.25) is 0 Å². The smallest absolute Gasteiger partial charge is 0.497 e. The molecular weight excluding hydrogens is 411 g/mol. The van der Waals surface area contributed by atoms with Gasteiger partial charge in [-0.1, -0.05) is 18.2 Å². The Morgan fingerprint density at radius 3 is 2.20 bits per heavy atom. The number of ether oxygens (including phenoxy) is 3. The van der Waals surface area contributed by atoms with E-state index in [0.717, 1.165) is 0 Å². The van der Waals surface area contributed by atoms with Crippen molar-refractivity contribution in [2.45, 2.75) is 5.60 Å². The Morgan fingerprint density at radius 1 is 0.900 bits per heavy atom. The number of esters is 1. The van der Waals surface area contributed by atoms with Gasteiger partial charge in [-0.3, -0.25) is 9.79 Å². The summed E-state index contributed by atoms with van der Waals surface area (Å²) in [6.45, 7) is 0. The first-order chi connectivity index (χ1) is 14.3. The van der Waals surface area contributed by atoms with Crippen LogP contribution in [0.4, 0.5) is 0 Å². The number of phosphoric ester groups is 1. The molecule has 3 aromatic carbocycles. The molecule has 2 aliphatic heterocycles. The summed E-state index contributed by atoms with van der Waals surface area (Å²) in [6, 6.07) is 16.6.